The van der Waals surface area contributed by atoms with Crippen LogP contribution in [-0.2, 0) is 9.53 Å². The van der Waals surface area contributed by atoms with Gasteiger partial charge in [0.05, 0.1) is 7.11 Å². The Labute approximate surface area is 57.9 Å². The lowest BCUT2D eigenvalue weighted by molar-refractivity contribution is -0.146. The van der Waals surface area contributed by atoms with E-state index in [-0.39, 0.29) is 12.3 Å². The number of ether oxygens (including phenoxy) is 1. The molecular formula is C5H8ClFO2. The van der Waals surface area contributed by atoms with Gasteiger partial charge in [-0.05, 0) is 0 Å². The number of carbonyl (C=O) groups excluding carboxylic acids is 1. The summed E-state index contributed by atoms with van der Waals surface area (Å²) in [5.41, 5.74) is 0. The van der Waals surface area contributed by atoms with Crippen molar-refractivity contribution in [1.29, 1.82) is 0 Å². The van der Waals surface area contributed by atoms with Gasteiger partial charge < -0.3 is 4.74 Å². The van der Waals surface area contributed by atoms with Crippen molar-refractivity contribution in [1.82, 2.24) is 0 Å². The van der Waals surface area contributed by atoms with Gasteiger partial charge >= 0.3 is 5.97 Å². The first-order chi connectivity index (χ1) is 4.22. The Kier molecular flexibility index (Phi) is 4.40. The summed E-state index contributed by atoms with van der Waals surface area (Å²) in [6, 6.07) is 0. The van der Waals surface area contributed by atoms with E-state index in [1.165, 1.54) is 0 Å². The van der Waals surface area contributed by atoms with Gasteiger partial charge in [0.15, 0.2) is 6.17 Å². The summed E-state index contributed by atoms with van der Waals surface area (Å²) in [5, 5.41) is 0. The second-order valence-corrected chi connectivity index (χ2v) is 1.85. The molecule has 0 aromatic rings. The van der Waals surface area contributed by atoms with Gasteiger partial charge in [0.25, 0.3) is 0 Å². The molecule has 0 aromatic heterocycles. The Hall–Kier alpha value is -0.310. The average molecular weight is 155 g/mol. The maximum Gasteiger partial charge on any atom is 0.340 e. The molecule has 9 heavy (non-hydrogen) atoms. The van der Waals surface area contributed by atoms with Gasteiger partial charge in [-0.3, -0.25) is 0 Å². The number of methoxy groups -OCH3 is 1. The van der Waals surface area contributed by atoms with Crippen LogP contribution in [0.3, 0.4) is 0 Å². The molecular weight excluding hydrogens is 147 g/mol. The van der Waals surface area contributed by atoms with E-state index in [2.05, 4.69) is 4.74 Å². The Balaban J connectivity index is 3.45. The van der Waals surface area contributed by atoms with Gasteiger partial charge in [0.1, 0.15) is 0 Å². The van der Waals surface area contributed by atoms with Crippen LogP contribution < -0.4 is 0 Å². The number of rotatable bonds is 3. The molecule has 0 aromatic carbocycles. The van der Waals surface area contributed by atoms with E-state index in [0.717, 1.165) is 7.11 Å². The van der Waals surface area contributed by atoms with Crippen LogP contribution in [0.1, 0.15) is 6.42 Å². The zero-order chi connectivity index (χ0) is 7.28. The smallest absolute Gasteiger partial charge is 0.340 e. The molecule has 0 saturated carbocycles. The van der Waals surface area contributed by atoms with Crippen molar-refractivity contribution in [2.45, 2.75) is 12.6 Å². The van der Waals surface area contributed by atoms with Crippen molar-refractivity contribution >= 4 is 17.6 Å². The van der Waals surface area contributed by atoms with Crippen LogP contribution >= 0.6 is 11.6 Å². The average Bonchev–Trinajstić information content (AvgIpc) is 1.87. The molecule has 54 valence electrons. The van der Waals surface area contributed by atoms with Crippen LogP contribution in [-0.4, -0.2) is 25.1 Å². The van der Waals surface area contributed by atoms with E-state index in [1.54, 1.807) is 0 Å². The summed E-state index contributed by atoms with van der Waals surface area (Å²) in [6.45, 7) is 0. The molecule has 0 N–H and O–H groups in total. The van der Waals surface area contributed by atoms with Crippen molar-refractivity contribution in [2.24, 2.45) is 0 Å². The van der Waals surface area contributed by atoms with Crippen LogP contribution in [0.2, 0.25) is 0 Å². The molecule has 4 heteroatoms. The molecule has 0 radical (unpaired) electrons. The fraction of sp³-hybridized carbons (Fsp3) is 0.800. The van der Waals surface area contributed by atoms with E-state index in [1.807, 2.05) is 0 Å². The minimum atomic E-state index is -1.56. The third kappa shape index (κ3) is 3.30. The van der Waals surface area contributed by atoms with Gasteiger partial charge in [-0.25, -0.2) is 9.18 Å². The highest BCUT2D eigenvalue weighted by atomic mass is 35.5. The van der Waals surface area contributed by atoms with E-state index < -0.39 is 12.1 Å². The molecule has 2 nitrogen and oxygen atoms in total. The molecule has 1 unspecified atom stereocenters. The summed E-state index contributed by atoms with van der Waals surface area (Å²) in [7, 11) is 1.14. The Morgan fingerprint density at radius 1 is 1.89 bits per heavy atom. The summed E-state index contributed by atoms with van der Waals surface area (Å²) in [5.74, 6) is -0.716. The van der Waals surface area contributed by atoms with Gasteiger partial charge in [-0.2, -0.15) is 0 Å². The first-order valence-corrected chi connectivity index (χ1v) is 3.03. The lowest BCUT2D eigenvalue weighted by Gasteiger charge is -2.00. The number of alkyl halides is 2. The van der Waals surface area contributed by atoms with E-state index in [0.29, 0.717) is 0 Å². The van der Waals surface area contributed by atoms with Crippen molar-refractivity contribution in [2.75, 3.05) is 13.0 Å². The minimum absolute atomic E-state index is 0.0221. The van der Waals surface area contributed by atoms with Crippen molar-refractivity contribution < 1.29 is 13.9 Å². The number of halogens is 2. The molecule has 0 saturated heterocycles. The van der Waals surface area contributed by atoms with Crippen LogP contribution in [0.25, 0.3) is 0 Å². The Morgan fingerprint density at radius 3 is 2.78 bits per heavy atom. The predicted octanol–water partition coefficient (Wildman–Crippen LogP) is 1.13. The van der Waals surface area contributed by atoms with Crippen LogP contribution in [0, 0.1) is 0 Å². The molecule has 1 atom stereocenters. The molecule has 0 spiro atoms. The normalized spacial score (nSPS) is 12.8. The van der Waals surface area contributed by atoms with Gasteiger partial charge in [0, 0.05) is 12.3 Å². The largest absolute Gasteiger partial charge is 0.467 e. The Morgan fingerprint density at radius 2 is 2.44 bits per heavy atom. The third-order valence-electron chi connectivity index (χ3n) is 0.819. The highest BCUT2D eigenvalue weighted by Crippen LogP contribution is 2.00. The topological polar surface area (TPSA) is 26.3 Å². The van der Waals surface area contributed by atoms with Crippen LogP contribution in [0.4, 0.5) is 4.39 Å². The number of hydrogen-bond donors (Lipinski definition) is 0. The van der Waals surface area contributed by atoms with Crippen molar-refractivity contribution in [3.05, 3.63) is 0 Å². The Bertz CT molecular complexity index is 97.0. The standard InChI is InChI=1S/C5H8ClFO2/c1-9-5(8)4(7)2-3-6/h4H,2-3H2,1H3. The minimum Gasteiger partial charge on any atom is -0.467 e. The predicted molar refractivity (Wildman–Crippen MR) is 32.2 cm³/mol. The summed E-state index contributed by atoms with van der Waals surface area (Å²) < 4.78 is 16.3. The zero-order valence-corrected chi connectivity index (χ0v) is 5.82. The summed E-state index contributed by atoms with van der Waals surface area (Å²) in [4.78, 5) is 10.2. The number of hydrogen-bond acceptors (Lipinski definition) is 2. The van der Waals surface area contributed by atoms with E-state index >= 15 is 0 Å². The number of carbonyl (C=O) groups is 1. The maximum atomic E-state index is 12.2. The fourth-order valence-corrected chi connectivity index (χ4v) is 0.533. The summed E-state index contributed by atoms with van der Waals surface area (Å²) in [6.07, 6.45) is -1.54. The second-order valence-electron chi connectivity index (χ2n) is 1.47. The first-order valence-electron chi connectivity index (χ1n) is 2.50. The van der Waals surface area contributed by atoms with E-state index in [4.69, 9.17) is 11.6 Å². The summed E-state index contributed by atoms with van der Waals surface area (Å²) >= 11 is 5.15. The maximum absolute atomic E-state index is 12.2. The highest BCUT2D eigenvalue weighted by Gasteiger charge is 2.15. The molecule has 0 fully saturated rings. The zero-order valence-electron chi connectivity index (χ0n) is 5.06. The lowest BCUT2D eigenvalue weighted by atomic mass is 10.3. The quantitative estimate of drug-likeness (QED) is 0.450. The van der Waals surface area contributed by atoms with Crippen LogP contribution in [0.15, 0.2) is 0 Å². The SMILES string of the molecule is COC(=O)C(F)CCCl. The van der Waals surface area contributed by atoms with Crippen LogP contribution in [0.5, 0.6) is 0 Å². The van der Waals surface area contributed by atoms with Gasteiger partial charge in [0.2, 0.25) is 0 Å². The van der Waals surface area contributed by atoms with Gasteiger partial charge in [-0.15, -0.1) is 11.6 Å². The monoisotopic (exact) mass is 154 g/mol. The fourth-order valence-electron chi connectivity index (χ4n) is 0.342. The first kappa shape index (κ1) is 8.69. The second kappa shape index (κ2) is 4.56. The third-order valence-corrected chi connectivity index (χ3v) is 1.04. The van der Waals surface area contributed by atoms with E-state index in [9.17, 15) is 9.18 Å². The van der Waals surface area contributed by atoms with Crippen molar-refractivity contribution in [3.8, 4) is 0 Å². The molecule has 0 aliphatic carbocycles. The molecule has 0 bridgehead atoms. The molecule has 0 rings (SSSR count). The molecule has 0 amide bonds. The highest BCUT2D eigenvalue weighted by molar-refractivity contribution is 6.18. The number of esters is 1. The molecule has 0 aliphatic heterocycles. The van der Waals surface area contributed by atoms with Crippen molar-refractivity contribution in [3.63, 3.8) is 0 Å². The van der Waals surface area contributed by atoms with Gasteiger partial charge in [-0.1, -0.05) is 0 Å². The lowest BCUT2D eigenvalue weighted by Crippen LogP contribution is -2.17. The molecule has 0 heterocycles. The molecule has 0 aliphatic rings.